The summed E-state index contributed by atoms with van der Waals surface area (Å²) in [7, 11) is 0. The highest BCUT2D eigenvalue weighted by Gasteiger charge is 2.14. The average Bonchev–Trinajstić information content (AvgIpc) is 3.33. The van der Waals surface area contributed by atoms with E-state index in [1.165, 1.54) is 41.9 Å². The van der Waals surface area contributed by atoms with Gasteiger partial charge in [-0.15, -0.1) is 0 Å². The Morgan fingerprint density at radius 2 is 1.31 bits per heavy atom. The van der Waals surface area contributed by atoms with Gasteiger partial charge in [-0.05, 0) is 121 Å². The summed E-state index contributed by atoms with van der Waals surface area (Å²) in [4.78, 5) is 4.90. The van der Waals surface area contributed by atoms with Gasteiger partial charge in [-0.3, -0.25) is 0 Å². The number of anilines is 3. The smallest absolute Gasteiger partial charge is 0.0641 e. The van der Waals surface area contributed by atoms with Crippen LogP contribution in [0, 0.1) is 6.92 Å². The Labute approximate surface area is 297 Å². The number of unbranched alkanes of at least 4 members (excludes halogenated alkanes) is 4. The van der Waals surface area contributed by atoms with Crippen molar-refractivity contribution in [3.63, 3.8) is 0 Å². The fourth-order valence-electron chi connectivity index (χ4n) is 6.28. The van der Waals surface area contributed by atoms with Crippen LogP contribution in [0.2, 0.25) is 0 Å². The third kappa shape index (κ3) is 13.6. The minimum Gasteiger partial charge on any atom is -0.380 e. The first-order chi connectivity index (χ1) is 23.9. The molecule has 0 bridgehead atoms. The highest BCUT2D eigenvalue weighted by molar-refractivity contribution is 5.59. The lowest BCUT2D eigenvalue weighted by atomic mass is 10.1. The van der Waals surface area contributed by atoms with Gasteiger partial charge in [0.2, 0.25) is 0 Å². The zero-order chi connectivity index (χ0) is 34.7. The van der Waals surface area contributed by atoms with E-state index in [2.05, 4.69) is 146 Å². The summed E-state index contributed by atoms with van der Waals surface area (Å²) in [5, 5.41) is 7.08. The van der Waals surface area contributed by atoms with Gasteiger partial charge in [0.1, 0.15) is 0 Å². The quantitative estimate of drug-likeness (QED) is 0.122. The number of benzene rings is 2. The molecule has 0 fully saturated rings. The molecule has 2 aliphatic rings. The molecular weight excluding hydrogens is 604 g/mol. The Morgan fingerprint density at radius 1 is 0.653 bits per heavy atom. The number of ether oxygens (including phenoxy) is 2. The highest BCUT2D eigenvalue weighted by Crippen LogP contribution is 2.23. The number of nitrogens with zero attached hydrogens (tertiary/aromatic N) is 2. The van der Waals surface area contributed by atoms with E-state index in [1.54, 1.807) is 0 Å². The molecule has 2 N–H and O–H groups in total. The molecule has 0 atom stereocenters. The highest BCUT2D eigenvalue weighted by atomic mass is 16.5. The first-order valence-corrected chi connectivity index (χ1v) is 18.7. The SMILES string of the molecule is Cc1ccccc1NC1=CC=C(N(CCOCCCCCCCOCCN(c2ccc(NC3=CCCC=C3)cc2)C(C)C)C(C)C)CC=C1. The molecule has 49 heavy (non-hydrogen) atoms. The van der Waals surface area contributed by atoms with Crippen molar-refractivity contribution in [1.29, 1.82) is 0 Å². The van der Waals surface area contributed by atoms with Crippen LogP contribution in [0.25, 0.3) is 0 Å². The maximum absolute atomic E-state index is 6.08. The molecule has 0 unspecified atom stereocenters. The van der Waals surface area contributed by atoms with E-state index in [0.717, 1.165) is 88.7 Å². The monoisotopic (exact) mass is 666 g/mol. The average molecular weight is 667 g/mol. The van der Waals surface area contributed by atoms with Crippen LogP contribution in [0.15, 0.2) is 108 Å². The predicted molar refractivity (Wildman–Crippen MR) is 210 cm³/mol. The van der Waals surface area contributed by atoms with Gasteiger partial charge in [0.15, 0.2) is 0 Å². The van der Waals surface area contributed by atoms with Crippen LogP contribution in [0.3, 0.4) is 0 Å². The van der Waals surface area contributed by atoms with Crippen LogP contribution in [-0.2, 0) is 9.47 Å². The van der Waals surface area contributed by atoms with Crippen LogP contribution in [-0.4, -0.2) is 56.5 Å². The van der Waals surface area contributed by atoms with Gasteiger partial charge in [-0.2, -0.15) is 0 Å². The molecule has 0 spiro atoms. The molecule has 0 amide bonds. The topological polar surface area (TPSA) is 49.0 Å². The van der Waals surface area contributed by atoms with E-state index >= 15 is 0 Å². The van der Waals surface area contributed by atoms with Gasteiger partial charge in [0, 0.05) is 79.0 Å². The molecule has 2 aliphatic carbocycles. The fourth-order valence-corrected chi connectivity index (χ4v) is 6.28. The Balaban J connectivity index is 1.03. The van der Waals surface area contributed by atoms with Crippen molar-refractivity contribution in [2.45, 2.75) is 98.1 Å². The van der Waals surface area contributed by atoms with Gasteiger partial charge in [-0.1, -0.05) is 55.7 Å². The number of para-hydroxylation sites is 1. The van der Waals surface area contributed by atoms with Crippen LogP contribution in [0.1, 0.15) is 84.6 Å². The third-order valence-corrected chi connectivity index (χ3v) is 9.13. The van der Waals surface area contributed by atoms with E-state index in [9.17, 15) is 0 Å². The minimum absolute atomic E-state index is 0.422. The van der Waals surface area contributed by atoms with Gasteiger partial charge < -0.3 is 29.9 Å². The summed E-state index contributed by atoms with van der Waals surface area (Å²) in [6.07, 6.45) is 24.6. The van der Waals surface area contributed by atoms with E-state index in [0.29, 0.717) is 12.1 Å². The maximum atomic E-state index is 6.08. The van der Waals surface area contributed by atoms with Gasteiger partial charge >= 0.3 is 0 Å². The predicted octanol–water partition coefficient (Wildman–Crippen LogP) is 10.4. The number of rotatable bonds is 22. The molecular formula is C43H62N4O2. The van der Waals surface area contributed by atoms with E-state index in [1.807, 2.05) is 0 Å². The number of allylic oxidation sites excluding steroid dienone is 7. The van der Waals surface area contributed by atoms with E-state index < -0.39 is 0 Å². The summed E-state index contributed by atoms with van der Waals surface area (Å²) >= 11 is 0. The molecule has 0 saturated heterocycles. The summed E-state index contributed by atoms with van der Waals surface area (Å²) in [6.45, 7) is 16.2. The lowest BCUT2D eigenvalue weighted by Crippen LogP contribution is -2.34. The van der Waals surface area contributed by atoms with Crippen molar-refractivity contribution in [3.8, 4) is 0 Å². The van der Waals surface area contributed by atoms with Crippen LogP contribution >= 0.6 is 0 Å². The van der Waals surface area contributed by atoms with Crippen molar-refractivity contribution in [2.75, 3.05) is 55.1 Å². The first-order valence-electron chi connectivity index (χ1n) is 18.7. The van der Waals surface area contributed by atoms with Crippen molar-refractivity contribution in [2.24, 2.45) is 0 Å². The molecule has 266 valence electrons. The third-order valence-electron chi connectivity index (χ3n) is 9.13. The minimum atomic E-state index is 0.422. The summed E-state index contributed by atoms with van der Waals surface area (Å²) in [5.74, 6) is 0. The second kappa shape index (κ2) is 21.4. The zero-order valence-electron chi connectivity index (χ0n) is 30.9. The maximum Gasteiger partial charge on any atom is 0.0641 e. The molecule has 6 nitrogen and oxygen atoms in total. The number of hydrogen-bond donors (Lipinski definition) is 2. The lowest BCUT2D eigenvalue weighted by molar-refractivity contribution is 0.101. The molecule has 0 aromatic heterocycles. The summed E-state index contributed by atoms with van der Waals surface area (Å²) in [5.41, 5.74) is 8.41. The molecule has 6 heteroatoms. The molecule has 0 aliphatic heterocycles. The van der Waals surface area contributed by atoms with Gasteiger partial charge in [0.05, 0.1) is 13.2 Å². The van der Waals surface area contributed by atoms with Crippen LogP contribution in [0.5, 0.6) is 0 Å². The second-order valence-electron chi connectivity index (χ2n) is 13.7. The molecule has 0 saturated carbocycles. The van der Waals surface area contributed by atoms with Gasteiger partial charge in [-0.25, -0.2) is 0 Å². The number of aryl methyl sites for hydroxylation is 1. The molecule has 2 aromatic rings. The summed E-state index contributed by atoms with van der Waals surface area (Å²) < 4.78 is 12.1. The first kappa shape index (κ1) is 38.1. The van der Waals surface area contributed by atoms with E-state index in [4.69, 9.17) is 9.47 Å². The largest absolute Gasteiger partial charge is 0.380 e. The van der Waals surface area contributed by atoms with Crippen LogP contribution < -0.4 is 15.5 Å². The Bertz CT molecular complexity index is 1400. The summed E-state index contributed by atoms with van der Waals surface area (Å²) in [6, 6.07) is 18.0. The molecule has 0 heterocycles. The standard InChI is InChI=1S/C43H62N4O2/c1-35(2)46(41-21-16-20-39(23-26-41)45-43-22-13-12-17-37(43)5)29-33-48-31-14-7-6-8-15-32-49-34-30-47(36(3)4)42-27-24-40(25-28-42)44-38-18-10-9-11-19-38/h10,12-13,16-20,22-28,35-36,44-45H,6-9,11,14-15,21,29-34H2,1-5H3. The van der Waals surface area contributed by atoms with E-state index in [-0.39, 0.29) is 0 Å². The molecule has 2 aromatic carbocycles. The van der Waals surface area contributed by atoms with Crippen molar-refractivity contribution >= 4 is 17.1 Å². The second-order valence-corrected chi connectivity index (χ2v) is 13.7. The molecule has 4 rings (SSSR count). The van der Waals surface area contributed by atoms with Crippen molar-refractivity contribution in [3.05, 3.63) is 114 Å². The lowest BCUT2D eigenvalue weighted by Gasteiger charge is -2.31. The van der Waals surface area contributed by atoms with Gasteiger partial charge in [0.25, 0.3) is 0 Å². The molecule has 0 radical (unpaired) electrons. The van der Waals surface area contributed by atoms with Crippen LogP contribution in [0.4, 0.5) is 17.1 Å². The Morgan fingerprint density at radius 3 is 1.96 bits per heavy atom. The number of hydrogen-bond acceptors (Lipinski definition) is 6. The zero-order valence-corrected chi connectivity index (χ0v) is 30.9. The fraction of sp³-hybridized carbons (Fsp3) is 0.488. The van der Waals surface area contributed by atoms with Crippen molar-refractivity contribution in [1.82, 2.24) is 4.90 Å². The normalized spacial score (nSPS) is 14.4. The van der Waals surface area contributed by atoms with Crippen molar-refractivity contribution < 1.29 is 9.47 Å². The number of nitrogens with one attached hydrogen (secondary N) is 2. The Kier molecular flexibility index (Phi) is 16.6. The Hall–Kier alpha value is -3.74.